The zero-order chi connectivity index (χ0) is 21.2. The number of aromatic nitrogens is 3. The van der Waals surface area contributed by atoms with Gasteiger partial charge in [-0.2, -0.15) is 4.98 Å². The van der Waals surface area contributed by atoms with Crippen molar-refractivity contribution in [2.24, 2.45) is 0 Å². The Morgan fingerprint density at radius 1 is 1.10 bits per heavy atom. The van der Waals surface area contributed by atoms with E-state index in [0.717, 1.165) is 18.4 Å². The fraction of sp³-hybridized carbons (Fsp3) is 0.364. The molecule has 0 unspecified atom stereocenters. The van der Waals surface area contributed by atoms with Crippen LogP contribution in [-0.2, 0) is 24.2 Å². The summed E-state index contributed by atoms with van der Waals surface area (Å²) >= 11 is 0. The second kappa shape index (κ2) is 10.9. The highest BCUT2D eigenvalue weighted by Crippen LogP contribution is 2.30. The molecular weight excluding hydrogens is 384 g/mol. The minimum atomic E-state index is -0.0868. The molecule has 0 atom stereocenters. The van der Waals surface area contributed by atoms with Crippen LogP contribution in [-0.4, -0.2) is 27.6 Å². The van der Waals surface area contributed by atoms with Gasteiger partial charge < -0.3 is 19.3 Å². The molecule has 0 fully saturated rings. The Bertz CT molecular complexity index is 940. The SMILES string of the molecule is CCCc1noc(CCC(=O)NCc2ccc(Oc3ccccc3OCC)nc2)n1. The van der Waals surface area contributed by atoms with Gasteiger partial charge in [0.15, 0.2) is 17.3 Å². The van der Waals surface area contributed by atoms with E-state index in [9.17, 15) is 4.79 Å². The number of carbonyl (C=O) groups excluding carboxylic acids is 1. The van der Waals surface area contributed by atoms with E-state index in [1.54, 1.807) is 12.3 Å². The van der Waals surface area contributed by atoms with Gasteiger partial charge in [0, 0.05) is 38.1 Å². The van der Waals surface area contributed by atoms with Crippen molar-refractivity contribution in [3.8, 4) is 17.4 Å². The van der Waals surface area contributed by atoms with Crippen molar-refractivity contribution < 1.29 is 18.8 Å². The maximum absolute atomic E-state index is 12.1. The van der Waals surface area contributed by atoms with Gasteiger partial charge in [0.05, 0.1) is 6.61 Å². The van der Waals surface area contributed by atoms with Gasteiger partial charge in [0.25, 0.3) is 0 Å². The number of benzene rings is 1. The maximum Gasteiger partial charge on any atom is 0.227 e. The molecule has 2 aromatic heterocycles. The van der Waals surface area contributed by atoms with Crippen molar-refractivity contribution in [2.45, 2.75) is 46.1 Å². The van der Waals surface area contributed by atoms with Gasteiger partial charge in [0.2, 0.25) is 17.7 Å². The fourth-order valence-electron chi connectivity index (χ4n) is 2.72. The molecule has 30 heavy (non-hydrogen) atoms. The monoisotopic (exact) mass is 410 g/mol. The number of aryl methyl sites for hydroxylation is 2. The smallest absolute Gasteiger partial charge is 0.227 e. The topological polar surface area (TPSA) is 99.4 Å². The molecule has 2 heterocycles. The first kappa shape index (κ1) is 21.3. The zero-order valence-electron chi connectivity index (χ0n) is 17.3. The molecule has 0 aliphatic carbocycles. The van der Waals surface area contributed by atoms with E-state index in [4.69, 9.17) is 14.0 Å². The minimum absolute atomic E-state index is 0.0868. The largest absolute Gasteiger partial charge is 0.490 e. The number of carbonyl (C=O) groups is 1. The Labute approximate surface area is 175 Å². The summed E-state index contributed by atoms with van der Waals surface area (Å²) in [5, 5.41) is 6.75. The molecule has 8 nitrogen and oxygen atoms in total. The lowest BCUT2D eigenvalue weighted by Crippen LogP contribution is -2.23. The molecule has 0 bridgehead atoms. The Hall–Kier alpha value is -3.42. The van der Waals surface area contributed by atoms with Crippen molar-refractivity contribution >= 4 is 5.91 Å². The van der Waals surface area contributed by atoms with Gasteiger partial charge in [-0.25, -0.2) is 4.98 Å². The molecule has 3 aromatic rings. The standard InChI is InChI=1S/C22H26N4O4/c1-3-7-19-25-22(30-26-19)13-11-20(27)23-14-16-10-12-21(24-15-16)29-18-9-6-5-8-17(18)28-4-2/h5-6,8-10,12,15H,3-4,7,11,13-14H2,1-2H3,(H,23,27). The van der Waals surface area contributed by atoms with Gasteiger partial charge in [-0.1, -0.05) is 30.3 Å². The summed E-state index contributed by atoms with van der Waals surface area (Å²) < 4.78 is 16.5. The summed E-state index contributed by atoms with van der Waals surface area (Å²) in [4.78, 5) is 20.6. The van der Waals surface area contributed by atoms with Crippen molar-refractivity contribution in [3.05, 3.63) is 59.9 Å². The lowest BCUT2D eigenvalue weighted by atomic mass is 10.2. The van der Waals surface area contributed by atoms with Gasteiger partial charge >= 0.3 is 0 Å². The molecule has 1 amide bonds. The van der Waals surface area contributed by atoms with Crippen LogP contribution in [0, 0.1) is 0 Å². The summed E-state index contributed by atoms with van der Waals surface area (Å²) in [5.41, 5.74) is 0.872. The molecule has 0 saturated carbocycles. The van der Waals surface area contributed by atoms with Crippen molar-refractivity contribution in [3.63, 3.8) is 0 Å². The van der Waals surface area contributed by atoms with Crippen molar-refractivity contribution in [1.29, 1.82) is 0 Å². The molecule has 0 aliphatic rings. The maximum atomic E-state index is 12.1. The van der Waals surface area contributed by atoms with Crippen LogP contribution in [0.2, 0.25) is 0 Å². The molecule has 1 N–H and O–H groups in total. The van der Waals surface area contributed by atoms with Gasteiger partial charge in [0.1, 0.15) is 0 Å². The number of para-hydroxylation sites is 2. The molecule has 158 valence electrons. The Morgan fingerprint density at radius 3 is 2.67 bits per heavy atom. The van der Waals surface area contributed by atoms with E-state index < -0.39 is 0 Å². The lowest BCUT2D eigenvalue weighted by Gasteiger charge is -2.11. The Kier molecular flexibility index (Phi) is 7.77. The first-order valence-electron chi connectivity index (χ1n) is 10.1. The first-order valence-corrected chi connectivity index (χ1v) is 10.1. The molecule has 3 rings (SSSR count). The number of hydrogen-bond acceptors (Lipinski definition) is 7. The number of pyridine rings is 1. The average molecular weight is 410 g/mol. The molecule has 1 aromatic carbocycles. The minimum Gasteiger partial charge on any atom is -0.490 e. The number of nitrogens with zero attached hydrogens (tertiary/aromatic N) is 3. The third-order valence-electron chi connectivity index (χ3n) is 4.20. The van der Waals surface area contributed by atoms with Crippen molar-refractivity contribution in [1.82, 2.24) is 20.4 Å². The molecule has 0 aliphatic heterocycles. The van der Waals surface area contributed by atoms with Crippen LogP contribution in [0.15, 0.2) is 47.1 Å². The lowest BCUT2D eigenvalue weighted by molar-refractivity contribution is -0.121. The van der Waals surface area contributed by atoms with Gasteiger partial charge in [-0.3, -0.25) is 4.79 Å². The van der Waals surface area contributed by atoms with Crippen LogP contribution < -0.4 is 14.8 Å². The highest BCUT2D eigenvalue weighted by molar-refractivity contribution is 5.76. The number of nitrogens with one attached hydrogen (secondary N) is 1. The number of ether oxygens (including phenoxy) is 2. The molecular formula is C22H26N4O4. The Morgan fingerprint density at radius 2 is 1.93 bits per heavy atom. The van der Waals surface area contributed by atoms with Crippen LogP contribution in [0.25, 0.3) is 0 Å². The van der Waals surface area contributed by atoms with E-state index in [-0.39, 0.29) is 12.3 Å². The van der Waals surface area contributed by atoms with Crippen LogP contribution in [0.4, 0.5) is 0 Å². The second-order valence-electron chi connectivity index (χ2n) is 6.62. The predicted molar refractivity (Wildman–Crippen MR) is 110 cm³/mol. The normalized spacial score (nSPS) is 10.6. The summed E-state index contributed by atoms with van der Waals surface area (Å²) in [6, 6.07) is 11.1. The molecule has 0 radical (unpaired) electrons. The molecule has 0 saturated heterocycles. The third kappa shape index (κ3) is 6.30. The Balaban J connectivity index is 1.45. The quantitative estimate of drug-likeness (QED) is 0.512. The van der Waals surface area contributed by atoms with Crippen LogP contribution in [0.3, 0.4) is 0 Å². The number of amides is 1. The third-order valence-corrected chi connectivity index (χ3v) is 4.20. The summed E-state index contributed by atoms with van der Waals surface area (Å²) in [5.74, 6) is 2.82. The number of hydrogen-bond donors (Lipinski definition) is 1. The molecule has 8 heteroatoms. The van der Waals surface area contributed by atoms with Gasteiger partial charge in [-0.15, -0.1) is 0 Å². The van der Waals surface area contributed by atoms with Crippen molar-refractivity contribution in [2.75, 3.05) is 6.61 Å². The fourth-order valence-corrected chi connectivity index (χ4v) is 2.72. The summed E-state index contributed by atoms with van der Waals surface area (Å²) in [6.07, 6.45) is 4.12. The summed E-state index contributed by atoms with van der Waals surface area (Å²) in [6.45, 7) is 4.91. The second-order valence-corrected chi connectivity index (χ2v) is 6.62. The average Bonchev–Trinajstić information content (AvgIpc) is 3.21. The van der Waals surface area contributed by atoms with Crippen LogP contribution >= 0.6 is 0 Å². The summed E-state index contributed by atoms with van der Waals surface area (Å²) in [7, 11) is 0. The zero-order valence-corrected chi connectivity index (χ0v) is 17.3. The van der Waals surface area contributed by atoms with E-state index in [1.165, 1.54) is 0 Å². The first-order chi connectivity index (χ1) is 14.7. The van der Waals surface area contributed by atoms with E-state index in [2.05, 4.69) is 27.4 Å². The van der Waals surface area contributed by atoms with Crippen LogP contribution in [0.1, 0.15) is 44.0 Å². The highest BCUT2D eigenvalue weighted by atomic mass is 16.5. The van der Waals surface area contributed by atoms with E-state index >= 15 is 0 Å². The van der Waals surface area contributed by atoms with E-state index in [1.807, 2.05) is 37.3 Å². The van der Waals surface area contributed by atoms with E-state index in [0.29, 0.717) is 48.7 Å². The number of rotatable bonds is 11. The van der Waals surface area contributed by atoms with Gasteiger partial charge in [-0.05, 0) is 31.0 Å². The van der Waals surface area contributed by atoms with Crippen LogP contribution in [0.5, 0.6) is 17.4 Å². The highest BCUT2D eigenvalue weighted by Gasteiger charge is 2.09. The predicted octanol–water partition coefficient (Wildman–Crippen LogP) is 3.86. The molecule has 0 spiro atoms.